The van der Waals surface area contributed by atoms with Crippen LogP contribution in [0.3, 0.4) is 0 Å². The van der Waals surface area contributed by atoms with Crippen LogP contribution >= 0.6 is 0 Å². The fourth-order valence-corrected chi connectivity index (χ4v) is 2.96. The van der Waals surface area contributed by atoms with E-state index in [1.807, 2.05) is 42.6 Å². The second-order valence-corrected chi connectivity index (χ2v) is 6.54. The highest BCUT2D eigenvalue weighted by molar-refractivity contribution is 5.65. The zero-order valence-electron chi connectivity index (χ0n) is 17.1. The molecule has 0 aliphatic rings. The molecule has 0 aromatic carbocycles. The van der Waals surface area contributed by atoms with E-state index in [0.29, 0.717) is 28.9 Å². The maximum Gasteiger partial charge on any atom is 0.256 e. The van der Waals surface area contributed by atoms with E-state index in [1.165, 1.54) is 0 Å². The molecule has 0 aliphatic heterocycles. The second-order valence-electron chi connectivity index (χ2n) is 6.54. The van der Waals surface area contributed by atoms with Gasteiger partial charge in [0.15, 0.2) is 17.2 Å². The molecule has 0 aliphatic carbocycles. The first kappa shape index (κ1) is 19.4. The third kappa shape index (κ3) is 4.09. The van der Waals surface area contributed by atoms with Crippen LogP contribution in [-0.4, -0.2) is 45.3 Å². The molecule has 2 N–H and O–H groups in total. The first-order chi connectivity index (χ1) is 14.7. The van der Waals surface area contributed by atoms with Gasteiger partial charge in [0.25, 0.3) is 5.88 Å². The molecule has 0 saturated heterocycles. The summed E-state index contributed by atoms with van der Waals surface area (Å²) in [5.74, 6) is 3.18. The molecule has 0 radical (unpaired) electrons. The van der Waals surface area contributed by atoms with E-state index < -0.39 is 0 Å². The lowest BCUT2D eigenvalue weighted by molar-refractivity contribution is 0.343. The minimum absolute atomic E-state index is 0.432. The van der Waals surface area contributed by atoms with E-state index in [2.05, 4.69) is 37.6 Å². The number of pyridine rings is 2. The predicted octanol–water partition coefficient (Wildman–Crippen LogP) is 3.77. The smallest absolute Gasteiger partial charge is 0.256 e. The van der Waals surface area contributed by atoms with Crippen molar-refractivity contribution in [2.75, 3.05) is 31.4 Å². The van der Waals surface area contributed by atoms with Crippen LogP contribution in [0.25, 0.3) is 16.9 Å². The van der Waals surface area contributed by atoms with Gasteiger partial charge in [0.2, 0.25) is 0 Å². The highest BCUT2D eigenvalue weighted by atomic mass is 16.5. The second kappa shape index (κ2) is 8.64. The SMILES string of the molecule is CCCNc1cccc(Nc2cc3nc(-c4cnc(OC)c(OC)c4)ccn3n2)n1. The van der Waals surface area contributed by atoms with E-state index >= 15 is 0 Å². The van der Waals surface area contributed by atoms with Crippen LogP contribution in [0.15, 0.2) is 48.8 Å². The standard InChI is InChI=1S/C21H23N7O2/c1-4-9-22-17-6-5-7-18(25-17)26-19-12-20-24-15(8-10-28(20)27-19)14-11-16(29-2)21(30-3)23-13-14/h5-8,10-13H,4,9H2,1-3H3,(H2,22,25,26,27). The number of hydrogen-bond acceptors (Lipinski definition) is 8. The zero-order valence-corrected chi connectivity index (χ0v) is 17.1. The Hall–Kier alpha value is -3.88. The molecule has 0 amide bonds. The quantitative estimate of drug-likeness (QED) is 0.457. The lowest BCUT2D eigenvalue weighted by Gasteiger charge is -2.08. The zero-order chi connectivity index (χ0) is 20.9. The highest BCUT2D eigenvalue weighted by Crippen LogP contribution is 2.29. The maximum absolute atomic E-state index is 5.34. The summed E-state index contributed by atoms with van der Waals surface area (Å²) in [7, 11) is 3.13. The van der Waals surface area contributed by atoms with Crippen LogP contribution < -0.4 is 20.1 Å². The molecule has 4 aromatic rings. The number of nitrogens with one attached hydrogen (secondary N) is 2. The van der Waals surface area contributed by atoms with Crippen LogP contribution in [0.1, 0.15) is 13.3 Å². The molecule has 0 saturated carbocycles. The maximum atomic E-state index is 5.34. The van der Waals surface area contributed by atoms with Crippen molar-refractivity contribution in [2.45, 2.75) is 13.3 Å². The van der Waals surface area contributed by atoms with Gasteiger partial charge in [-0.05, 0) is 30.7 Å². The minimum Gasteiger partial charge on any atom is -0.491 e. The molecule has 30 heavy (non-hydrogen) atoms. The Bertz CT molecular complexity index is 1160. The Kier molecular flexibility index (Phi) is 5.60. The van der Waals surface area contributed by atoms with Crippen molar-refractivity contribution >= 4 is 23.1 Å². The van der Waals surface area contributed by atoms with Crippen molar-refractivity contribution in [3.05, 3.63) is 48.8 Å². The highest BCUT2D eigenvalue weighted by Gasteiger charge is 2.11. The predicted molar refractivity (Wildman–Crippen MR) is 116 cm³/mol. The Balaban J connectivity index is 1.59. The monoisotopic (exact) mass is 405 g/mol. The van der Waals surface area contributed by atoms with Crippen molar-refractivity contribution in [3.63, 3.8) is 0 Å². The number of hydrogen-bond donors (Lipinski definition) is 2. The summed E-state index contributed by atoms with van der Waals surface area (Å²) in [6, 6.07) is 11.4. The molecule has 4 heterocycles. The average molecular weight is 405 g/mol. The first-order valence-electron chi connectivity index (χ1n) is 9.63. The molecule has 9 nitrogen and oxygen atoms in total. The number of rotatable bonds is 8. The summed E-state index contributed by atoms with van der Waals surface area (Å²) in [6.45, 7) is 2.99. The first-order valence-corrected chi connectivity index (χ1v) is 9.63. The number of anilines is 3. The largest absolute Gasteiger partial charge is 0.491 e. The molecular weight excluding hydrogens is 382 g/mol. The van der Waals surface area contributed by atoms with Gasteiger partial charge in [0.1, 0.15) is 11.6 Å². The van der Waals surface area contributed by atoms with Crippen LogP contribution in [0.2, 0.25) is 0 Å². The topological polar surface area (TPSA) is 98.5 Å². The summed E-state index contributed by atoms with van der Waals surface area (Å²) in [5, 5.41) is 11.0. The average Bonchev–Trinajstić information content (AvgIpc) is 3.18. The Morgan fingerprint density at radius 3 is 2.67 bits per heavy atom. The number of ether oxygens (including phenoxy) is 2. The van der Waals surface area contributed by atoms with Gasteiger partial charge >= 0.3 is 0 Å². The van der Waals surface area contributed by atoms with Crippen LogP contribution in [0.5, 0.6) is 11.6 Å². The molecule has 4 rings (SSSR count). The van der Waals surface area contributed by atoms with E-state index in [9.17, 15) is 0 Å². The van der Waals surface area contributed by atoms with E-state index in [4.69, 9.17) is 9.47 Å². The number of fused-ring (bicyclic) bond motifs is 1. The lowest BCUT2D eigenvalue weighted by atomic mass is 10.2. The number of methoxy groups -OCH3 is 2. The van der Waals surface area contributed by atoms with Gasteiger partial charge in [-0.25, -0.2) is 19.5 Å². The van der Waals surface area contributed by atoms with Crippen molar-refractivity contribution in [1.29, 1.82) is 0 Å². The van der Waals surface area contributed by atoms with Gasteiger partial charge in [0, 0.05) is 30.6 Å². The number of aromatic nitrogens is 5. The summed E-state index contributed by atoms with van der Waals surface area (Å²) >= 11 is 0. The third-order valence-electron chi connectivity index (χ3n) is 4.41. The van der Waals surface area contributed by atoms with Crippen LogP contribution in [-0.2, 0) is 0 Å². The van der Waals surface area contributed by atoms with Crippen molar-refractivity contribution < 1.29 is 9.47 Å². The molecule has 0 spiro atoms. The van der Waals surface area contributed by atoms with E-state index in [1.54, 1.807) is 24.9 Å². The van der Waals surface area contributed by atoms with Crippen molar-refractivity contribution in [3.8, 4) is 22.9 Å². The number of nitrogens with zero attached hydrogens (tertiary/aromatic N) is 5. The van der Waals surface area contributed by atoms with Gasteiger partial charge in [0.05, 0.1) is 19.9 Å². The Morgan fingerprint density at radius 2 is 1.87 bits per heavy atom. The Morgan fingerprint density at radius 1 is 1.00 bits per heavy atom. The van der Waals surface area contributed by atoms with Crippen molar-refractivity contribution in [2.24, 2.45) is 0 Å². The van der Waals surface area contributed by atoms with Crippen molar-refractivity contribution in [1.82, 2.24) is 24.6 Å². The van der Waals surface area contributed by atoms with Gasteiger partial charge in [-0.1, -0.05) is 13.0 Å². The summed E-state index contributed by atoms with van der Waals surface area (Å²) in [6.07, 6.45) is 4.59. The van der Waals surface area contributed by atoms with Gasteiger partial charge in [-0.3, -0.25) is 0 Å². The van der Waals surface area contributed by atoms with Crippen LogP contribution in [0, 0.1) is 0 Å². The molecule has 0 unspecified atom stereocenters. The summed E-state index contributed by atoms with van der Waals surface area (Å²) in [4.78, 5) is 13.5. The molecule has 154 valence electrons. The van der Waals surface area contributed by atoms with Gasteiger partial charge in [-0.15, -0.1) is 5.10 Å². The lowest BCUT2D eigenvalue weighted by Crippen LogP contribution is -2.03. The Labute approximate surface area is 174 Å². The fourth-order valence-electron chi connectivity index (χ4n) is 2.96. The van der Waals surface area contributed by atoms with Crippen LogP contribution in [0.4, 0.5) is 17.5 Å². The van der Waals surface area contributed by atoms with E-state index in [0.717, 1.165) is 30.0 Å². The molecule has 4 aromatic heterocycles. The van der Waals surface area contributed by atoms with Gasteiger partial charge < -0.3 is 20.1 Å². The molecule has 0 fully saturated rings. The van der Waals surface area contributed by atoms with Gasteiger partial charge in [-0.2, -0.15) is 0 Å². The van der Waals surface area contributed by atoms with E-state index in [-0.39, 0.29) is 0 Å². The molecule has 0 bridgehead atoms. The summed E-state index contributed by atoms with van der Waals surface area (Å²) in [5.41, 5.74) is 2.28. The summed E-state index contributed by atoms with van der Waals surface area (Å²) < 4.78 is 12.2. The molecule has 0 atom stereocenters. The normalized spacial score (nSPS) is 10.8. The third-order valence-corrected chi connectivity index (χ3v) is 4.41. The molecule has 9 heteroatoms. The minimum atomic E-state index is 0.432. The fraction of sp³-hybridized carbons (Fsp3) is 0.238. The molecular formula is C21H23N7O2.